The molecule has 29 heavy (non-hydrogen) atoms. The molecule has 0 fully saturated rings. The number of amides is 1. The number of aryl methyl sites for hydroxylation is 2. The highest BCUT2D eigenvalue weighted by Gasteiger charge is 2.31. The average Bonchev–Trinajstić information content (AvgIpc) is 3.32. The van der Waals surface area contributed by atoms with Gasteiger partial charge in [-0.1, -0.05) is 18.2 Å². The number of para-hydroxylation sites is 1. The average molecular weight is 407 g/mol. The van der Waals surface area contributed by atoms with Crippen molar-refractivity contribution in [1.29, 1.82) is 0 Å². The minimum Gasteiger partial charge on any atom is -0.335 e. The molecule has 4 aromatic rings. The molecular weight excluding hydrogens is 384 g/mol. The van der Waals surface area contributed by atoms with E-state index in [0.29, 0.717) is 12.1 Å². The minimum absolute atomic E-state index is 0.0605. The molecule has 1 amide bonds. The van der Waals surface area contributed by atoms with Crippen LogP contribution in [0.3, 0.4) is 0 Å². The minimum atomic E-state index is -0.209. The van der Waals surface area contributed by atoms with Gasteiger partial charge < -0.3 is 9.47 Å². The van der Waals surface area contributed by atoms with Gasteiger partial charge >= 0.3 is 0 Å². The van der Waals surface area contributed by atoms with Crippen LogP contribution < -0.4 is 10.5 Å². The van der Waals surface area contributed by atoms with Crippen molar-refractivity contribution < 1.29 is 4.79 Å². The summed E-state index contributed by atoms with van der Waals surface area (Å²) in [6.45, 7) is 6.77. The van der Waals surface area contributed by atoms with Crippen LogP contribution in [0, 0.1) is 6.92 Å². The molecular formula is C22H22N4O2S. The lowest BCUT2D eigenvalue weighted by Crippen LogP contribution is -2.40. The second kappa shape index (κ2) is 6.56. The summed E-state index contributed by atoms with van der Waals surface area (Å²) in [4.78, 5) is 29.4. The predicted octanol–water partition coefficient (Wildman–Crippen LogP) is 3.72. The lowest BCUT2D eigenvalue weighted by molar-refractivity contribution is -0.119. The maximum atomic E-state index is 13.3. The fourth-order valence-electron chi connectivity index (χ4n) is 4.51. The van der Waals surface area contributed by atoms with Crippen molar-refractivity contribution in [2.75, 3.05) is 4.90 Å². The number of anilines is 1. The molecule has 5 rings (SSSR count). The first-order valence-electron chi connectivity index (χ1n) is 9.88. The van der Waals surface area contributed by atoms with Crippen LogP contribution in [-0.4, -0.2) is 26.3 Å². The Hall–Kier alpha value is -2.93. The van der Waals surface area contributed by atoms with Gasteiger partial charge in [0.1, 0.15) is 12.1 Å². The van der Waals surface area contributed by atoms with Gasteiger partial charge in [-0.25, -0.2) is 4.68 Å². The van der Waals surface area contributed by atoms with E-state index >= 15 is 0 Å². The molecule has 1 aliphatic heterocycles. The summed E-state index contributed by atoms with van der Waals surface area (Å²) < 4.78 is 4.43. The van der Waals surface area contributed by atoms with Gasteiger partial charge in [0.2, 0.25) is 5.91 Å². The Morgan fingerprint density at radius 1 is 1.31 bits per heavy atom. The van der Waals surface area contributed by atoms with Gasteiger partial charge in [0.25, 0.3) is 5.56 Å². The lowest BCUT2D eigenvalue weighted by Gasteiger charge is -2.22. The van der Waals surface area contributed by atoms with Gasteiger partial charge in [0.05, 0.1) is 16.4 Å². The maximum Gasteiger partial charge on any atom is 0.291 e. The zero-order valence-electron chi connectivity index (χ0n) is 16.7. The van der Waals surface area contributed by atoms with Crippen molar-refractivity contribution in [1.82, 2.24) is 14.3 Å². The van der Waals surface area contributed by atoms with Crippen LogP contribution in [0.1, 0.15) is 24.3 Å². The lowest BCUT2D eigenvalue weighted by atomic mass is 10.1. The molecule has 0 spiro atoms. The first-order chi connectivity index (χ1) is 14.0. The number of aromatic nitrogens is 3. The van der Waals surface area contributed by atoms with Crippen LogP contribution in [0.2, 0.25) is 0 Å². The van der Waals surface area contributed by atoms with E-state index in [1.54, 1.807) is 22.4 Å². The summed E-state index contributed by atoms with van der Waals surface area (Å²) in [6.07, 6.45) is 2.56. The van der Waals surface area contributed by atoms with Crippen molar-refractivity contribution in [2.45, 2.75) is 46.3 Å². The van der Waals surface area contributed by atoms with Gasteiger partial charge in [-0.15, -0.1) is 11.3 Å². The number of hydrogen-bond acceptors (Lipinski definition) is 4. The van der Waals surface area contributed by atoms with Gasteiger partial charge in [0.15, 0.2) is 0 Å². The number of thiophene rings is 1. The smallest absolute Gasteiger partial charge is 0.291 e. The fourth-order valence-corrected chi connectivity index (χ4v) is 5.54. The molecule has 6 nitrogen and oxygen atoms in total. The molecule has 0 unspecified atom stereocenters. The topological polar surface area (TPSA) is 60.1 Å². The van der Waals surface area contributed by atoms with E-state index in [1.165, 1.54) is 15.1 Å². The quantitative estimate of drug-likeness (QED) is 0.521. The Labute approximate surface area is 172 Å². The summed E-state index contributed by atoms with van der Waals surface area (Å²) in [5.41, 5.74) is 3.59. The van der Waals surface area contributed by atoms with Gasteiger partial charge in [-0.2, -0.15) is 5.10 Å². The maximum absolute atomic E-state index is 13.3. The number of fused-ring (bicyclic) bond motifs is 4. The third kappa shape index (κ3) is 2.64. The normalized spacial score (nSPS) is 16.1. The Balaban J connectivity index is 1.57. The van der Waals surface area contributed by atoms with Crippen LogP contribution in [0.5, 0.6) is 0 Å². The summed E-state index contributed by atoms with van der Waals surface area (Å²) in [6, 6.07) is 10.1. The number of rotatable bonds is 3. The SMILES string of the molecule is CCn1c2cc(C)sc2c2cnn(CC(=O)N3c4ccccc4C[C@H]3C)c(=O)c21. The molecule has 7 heteroatoms. The third-order valence-electron chi connectivity index (χ3n) is 5.74. The molecule has 4 heterocycles. The van der Waals surface area contributed by atoms with Crippen molar-refractivity contribution in [3.05, 3.63) is 57.3 Å². The number of hydrogen-bond donors (Lipinski definition) is 0. The van der Waals surface area contributed by atoms with E-state index in [0.717, 1.165) is 27.7 Å². The first kappa shape index (κ1) is 18.1. The van der Waals surface area contributed by atoms with E-state index in [4.69, 9.17) is 0 Å². The fraction of sp³-hybridized carbons (Fsp3) is 0.318. The molecule has 3 aromatic heterocycles. The Morgan fingerprint density at radius 2 is 2.10 bits per heavy atom. The standard InChI is InChI=1S/C22H22N4O2S/c1-4-24-18-10-14(3)29-21(18)16-11-23-25(22(28)20(16)24)12-19(27)26-13(2)9-15-7-5-6-8-17(15)26/h5-8,10-11,13H,4,9,12H2,1-3H3/t13-/m1/s1. The van der Waals surface area contributed by atoms with E-state index < -0.39 is 0 Å². The second-order valence-electron chi connectivity index (χ2n) is 7.63. The third-order valence-corrected chi connectivity index (χ3v) is 6.81. The summed E-state index contributed by atoms with van der Waals surface area (Å²) >= 11 is 1.68. The molecule has 0 N–H and O–H groups in total. The summed E-state index contributed by atoms with van der Waals surface area (Å²) in [5.74, 6) is -0.108. The van der Waals surface area contributed by atoms with Gasteiger partial charge in [0, 0.05) is 28.5 Å². The molecule has 0 bridgehead atoms. The van der Waals surface area contributed by atoms with Gasteiger partial charge in [-0.3, -0.25) is 9.59 Å². The number of carbonyl (C=O) groups excluding carboxylic acids is 1. The first-order valence-corrected chi connectivity index (χ1v) is 10.7. The Bertz CT molecular complexity index is 1330. The molecule has 0 saturated carbocycles. The highest BCUT2D eigenvalue weighted by Crippen LogP contribution is 2.34. The molecule has 1 aliphatic rings. The van der Waals surface area contributed by atoms with Crippen LogP contribution >= 0.6 is 11.3 Å². The molecule has 0 saturated heterocycles. The predicted molar refractivity (Wildman–Crippen MR) is 117 cm³/mol. The zero-order valence-corrected chi connectivity index (χ0v) is 17.5. The van der Waals surface area contributed by atoms with E-state index in [2.05, 4.69) is 24.2 Å². The number of benzene rings is 1. The Morgan fingerprint density at radius 3 is 2.90 bits per heavy atom. The van der Waals surface area contributed by atoms with Crippen LogP contribution in [0.4, 0.5) is 5.69 Å². The van der Waals surface area contributed by atoms with E-state index in [-0.39, 0.29) is 24.1 Å². The Kier molecular flexibility index (Phi) is 4.10. The molecule has 1 atom stereocenters. The van der Waals surface area contributed by atoms with Crippen LogP contribution in [-0.2, 0) is 24.3 Å². The summed E-state index contributed by atoms with van der Waals surface area (Å²) in [5, 5.41) is 5.22. The highest BCUT2D eigenvalue weighted by molar-refractivity contribution is 7.20. The largest absolute Gasteiger partial charge is 0.335 e. The summed E-state index contributed by atoms with van der Waals surface area (Å²) in [7, 11) is 0. The second-order valence-corrected chi connectivity index (χ2v) is 8.89. The molecule has 148 valence electrons. The number of carbonyl (C=O) groups is 1. The van der Waals surface area contributed by atoms with Crippen molar-refractivity contribution in [3.63, 3.8) is 0 Å². The highest BCUT2D eigenvalue weighted by atomic mass is 32.1. The van der Waals surface area contributed by atoms with Crippen molar-refractivity contribution in [2.24, 2.45) is 0 Å². The van der Waals surface area contributed by atoms with Gasteiger partial charge in [-0.05, 0) is 44.9 Å². The van der Waals surface area contributed by atoms with Crippen molar-refractivity contribution in [3.8, 4) is 0 Å². The van der Waals surface area contributed by atoms with E-state index in [9.17, 15) is 9.59 Å². The van der Waals surface area contributed by atoms with Crippen LogP contribution in [0.25, 0.3) is 21.1 Å². The molecule has 1 aromatic carbocycles. The van der Waals surface area contributed by atoms with Crippen molar-refractivity contribution >= 4 is 44.1 Å². The zero-order chi connectivity index (χ0) is 20.3. The van der Waals surface area contributed by atoms with E-state index in [1.807, 2.05) is 36.6 Å². The molecule has 0 radical (unpaired) electrons. The monoisotopic (exact) mass is 406 g/mol. The van der Waals surface area contributed by atoms with Crippen LogP contribution in [0.15, 0.2) is 41.3 Å². The number of nitrogens with zero attached hydrogens (tertiary/aromatic N) is 4. The molecule has 0 aliphatic carbocycles.